The van der Waals surface area contributed by atoms with Crippen LogP contribution in [0, 0.1) is 0 Å². The maximum Gasteiger partial charge on any atom is 0.333 e. The Balaban J connectivity index is 1.67. The molecule has 29 heavy (non-hydrogen) atoms. The van der Waals surface area contributed by atoms with Crippen LogP contribution < -0.4 is 11.1 Å². The average Bonchev–Trinajstić information content (AvgIpc) is 3.29. The summed E-state index contributed by atoms with van der Waals surface area (Å²) in [5, 5.41) is 16.7. The summed E-state index contributed by atoms with van der Waals surface area (Å²) in [6.45, 7) is 0.772. The fourth-order valence-electron chi connectivity index (χ4n) is 2.81. The van der Waals surface area contributed by atoms with Crippen molar-refractivity contribution in [3.63, 3.8) is 0 Å². The van der Waals surface area contributed by atoms with Gasteiger partial charge in [0, 0.05) is 18.0 Å². The molecule has 0 aliphatic heterocycles. The van der Waals surface area contributed by atoms with Gasteiger partial charge in [-0.05, 0) is 32.0 Å². The number of nitrogens with zero attached hydrogens (tertiary/aromatic N) is 7. The predicted octanol–water partition coefficient (Wildman–Crippen LogP) is 2.41. The average molecular weight is 401 g/mol. The molecule has 4 aromatic heterocycles. The minimum atomic E-state index is -2.73. The number of nitrogens with one attached hydrogen (secondary N) is 1. The van der Waals surface area contributed by atoms with E-state index >= 15 is 0 Å². The van der Waals surface area contributed by atoms with Crippen molar-refractivity contribution in [3.05, 3.63) is 42.5 Å². The summed E-state index contributed by atoms with van der Waals surface area (Å²) in [5.41, 5.74) is 6.61. The minimum absolute atomic E-state index is 0.0265. The van der Waals surface area contributed by atoms with Gasteiger partial charge in [0.2, 0.25) is 11.9 Å². The highest BCUT2D eigenvalue weighted by Gasteiger charge is 2.26. The molecular formula is C17H17F2N9O. The highest BCUT2D eigenvalue weighted by atomic mass is 19.3. The number of fused-ring (bicyclic) bond motifs is 1. The summed E-state index contributed by atoms with van der Waals surface area (Å²) in [4.78, 5) is 16.4. The van der Waals surface area contributed by atoms with E-state index in [1.807, 2.05) is 0 Å². The number of anilines is 2. The van der Waals surface area contributed by atoms with Crippen LogP contribution >= 0.6 is 0 Å². The van der Waals surface area contributed by atoms with Gasteiger partial charge in [-0.25, -0.2) is 9.67 Å². The van der Waals surface area contributed by atoms with Crippen molar-refractivity contribution in [1.82, 2.24) is 34.1 Å². The molecule has 0 radical (unpaired) electrons. The number of pyridine rings is 1. The SMILES string of the molecule is CC(C)(Nc1nc(N)nc(-c2ccc3cnc(O)n3c2)n1)c1ccn(C(F)F)n1. The van der Waals surface area contributed by atoms with Crippen molar-refractivity contribution < 1.29 is 13.9 Å². The first-order valence-corrected chi connectivity index (χ1v) is 8.53. The summed E-state index contributed by atoms with van der Waals surface area (Å²) in [6, 6.07) is 4.82. The molecule has 0 fully saturated rings. The van der Waals surface area contributed by atoms with Gasteiger partial charge in [0.25, 0.3) is 6.01 Å². The molecule has 0 bridgehead atoms. The van der Waals surface area contributed by atoms with E-state index in [2.05, 4.69) is 30.4 Å². The van der Waals surface area contributed by atoms with Crippen molar-refractivity contribution in [2.75, 3.05) is 11.1 Å². The third-order valence-corrected chi connectivity index (χ3v) is 4.29. The highest BCUT2D eigenvalue weighted by molar-refractivity contribution is 5.61. The van der Waals surface area contributed by atoms with Gasteiger partial charge in [0.15, 0.2) is 5.82 Å². The zero-order valence-electron chi connectivity index (χ0n) is 15.5. The molecule has 4 N–H and O–H groups in total. The van der Waals surface area contributed by atoms with Crippen molar-refractivity contribution in [2.45, 2.75) is 25.9 Å². The van der Waals surface area contributed by atoms with Crippen LogP contribution in [0.25, 0.3) is 16.9 Å². The first-order chi connectivity index (χ1) is 13.7. The fraction of sp³-hybridized carbons (Fsp3) is 0.235. The van der Waals surface area contributed by atoms with Crippen LogP contribution in [-0.4, -0.2) is 39.2 Å². The number of hydrogen-bond donors (Lipinski definition) is 3. The Morgan fingerprint density at radius 2 is 1.97 bits per heavy atom. The summed E-state index contributed by atoms with van der Waals surface area (Å²) in [6.07, 6.45) is 4.34. The minimum Gasteiger partial charge on any atom is -0.480 e. The molecule has 0 saturated carbocycles. The van der Waals surface area contributed by atoms with E-state index in [-0.39, 0.29) is 23.7 Å². The molecule has 10 nitrogen and oxygen atoms in total. The van der Waals surface area contributed by atoms with Crippen LogP contribution in [0.15, 0.2) is 36.8 Å². The van der Waals surface area contributed by atoms with Gasteiger partial charge in [-0.3, -0.25) is 4.40 Å². The van der Waals surface area contributed by atoms with E-state index in [0.29, 0.717) is 21.5 Å². The van der Waals surface area contributed by atoms with Gasteiger partial charge in [0.1, 0.15) is 0 Å². The number of imidazole rings is 1. The smallest absolute Gasteiger partial charge is 0.333 e. The lowest BCUT2D eigenvalue weighted by Crippen LogP contribution is -2.30. The molecule has 0 aliphatic rings. The molecule has 4 heterocycles. The topological polar surface area (TPSA) is 132 Å². The third-order valence-electron chi connectivity index (χ3n) is 4.29. The van der Waals surface area contributed by atoms with E-state index in [1.54, 1.807) is 32.2 Å². The number of rotatable bonds is 5. The Labute approximate surface area is 163 Å². The van der Waals surface area contributed by atoms with Gasteiger partial charge in [-0.15, -0.1) is 0 Å². The zero-order valence-corrected chi connectivity index (χ0v) is 15.5. The first-order valence-electron chi connectivity index (χ1n) is 8.53. The molecule has 0 unspecified atom stereocenters. The third kappa shape index (κ3) is 3.51. The second kappa shape index (κ2) is 6.65. The van der Waals surface area contributed by atoms with Crippen molar-refractivity contribution in [3.8, 4) is 17.4 Å². The molecular weight excluding hydrogens is 384 g/mol. The monoisotopic (exact) mass is 401 g/mol. The van der Waals surface area contributed by atoms with Gasteiger partial charge in [0.05, 0.1) is 22.9 Å². The van der Waals surface area contributed by atoms with E-state index in [4.69, 9.17) is 5.73 Å². The molecule has 0 amide bonds. The lowest BCUT2D eigenvalue weighted by Gasteiger charge is -2.24. The summed E-state index contributed by atoms with van der Waals surface area (Å²) in [7, 11) is 0. The molecule has 0 aromatic carbocycles. The number of nitrogens with two attached hydrogens (primary N) is 1. The molecule has 4 aromatic rings. The van der Waals surface area contributed by atoms with Crippen molar-refractivity contribution >= 4 is 17.4 Å². The Hall–Kier alpha value is -3.83. The summed E-state index contributed by atoms with van der Waals surface area (Å²) >= 11 is 0. The summed E-state index contributed by atoms with van der Waals surface area (Å²) < 4.78 is 27.7. The molecule has 0 aliphatic carbocycles. The van der Waals surface area contributed by atoms with Crippen LogP contribution in [0.5, 0.6) is 6.01 Å². The Kier molecular flexibility index (Phi) is 4.25. The maximum absolute atomic E-state index is 12.8. The molecule has 0 saturated heterocycles. The van der Waals surface area contributed by atoms with Crippen LogP contribution in [0.1, 0.15) is 26.1 Å². The Morgan fingerprint density at radius 1 is 1.17 bits per heavy atom. The van der Waals surface area contributed by atoms with Crippen LogP contribution in [0.2, 0.25) is 0 Å². The standard InChI is InChI=1S/C17H17F2N9O/c1-17(2,11-5-6-28(26-11)13(18)19)25-15-23-12(22-14(20)24-15)9-3-4-10-7-21-16(29)27(10)8-9/h3-8,13H,1-2H3,(H,21,29)(H3,20,22,23,24,25). The first kappa shape index (κ1) is 18.5. The molecule has 0 atom stereocenters. The van der Waals surface area contributed by atoms with E-state index < -0.39 is 12.1 Å². The number of aromatic hydroxyl groups is 1. The number of nitrogen functional groups attached to an aromatic ring is 1. The Morgan fingerprint density at radius 3 is 2.69 bits per heavy atom. The van der Waals surface area contributed by atoms with Gasteiger partial charge in [-0.1, -0.05) is 0 Å². The normalized spacial score (nSPS) is 12.0. The van der Waals surface area contributed by atoms with Gasteiger partial charge < -0.3 is 16.2 Å². The second-order valence-corrected chi connectivity index (χ2v) is 6.82. The van der Waals surface area contributed by atoms with E-state index in [9.17, 15) is 13.9 Å². The number of halogens is 2. The summed E-state index contributed by atoms with van der Waals surface area (Å²) in [5.74, 6) is 0.393. The number of hydrogen-bond acceptors (Lipinski definition) is 8. The van der Waals surface area contributed by atoms with Gasteiger partial charge >= 0.3 is 6.55 Å². The molecule has 0 spiro atoms. The fourth-order valence-corrected chi connectivity index (χ4v) is 2.81. The zero-order chi connectivity index (χ0) is 20.8. The van der Waals surface area contributed by atoms with Crippen LogP contribution in [-0.2, 0) is 5.54 Å². The Bertz CT molecular complexity index is 1180. The maximum atomic E-state index is 12.8. The van der Waals surface area contributed by atoms with Crippen molar-refractivity contribution in [1.29, 1.82) is 0 Å². The lowest BCUT2D eigenvalue weighted by molar-refractivity contribution is 0.0558. The number of aromatic nitrogens is 7. The quantitative estimate of drug-likeness (QED) is 0.464. The number of alkyl halides is 2. The molecule has 4 rings (SSSR count). The lowest BCUT2D eigenvalue weighted by atomic mass is 10.0. The van der Waals surface area contributed by atoms with Crippen LogP contribution in [0.3, 0.4) is 0 Å². The highest BCUT2D eigenvalue weighted by Crippen LogP contribution is 2.26. The molecule has 150 valence electrons. The predicted molar refractivity (Wildman–Crippen MR) is 100 cm³/mol. The second-order valence-electron chi connectivity index (χ2n) is 6.82. The van der Waals surface area contributed by atoms with Crippen molar-refractivity contribution in [2.24, 2.45) is 0 Å². The van der Waals surface area contributed by atoms with E-state index in [1.165, 1.54) is 22.9 Å². The largest absolute Gasteiger partial charge is 0.480 e. The van der Waals surface area contributed by atoms with Crippen LogP contribution in [0.4, 0.5) is 20.7 Å². The van der Waals surface area contributed by atoms with E-state index in [0.717, 1.165) is 0 Å². The molecule has 12 heteroatoms. The van der Waals surface area contributed by atoms with Gasteiger partial charge in [-0.2, -0.15) is 28.8 Å².